The summed E-state index contributed by atoms with van der Waals surface area (Å²) < 4.78 is 16.0. The Morgan fingerprint density at radius 2 is 1.86 bits per heavy atom. The number of ether oxygens (including phenoxy) is 2. The zero-order valence-electron chi connectivity index (χ0n) is 16.8. The molecule has 0 radical (unpaired) electrons. The van der Waals surface area contributed by atoms with Crippen molar-refractivity contribution in [1.82, 2.24) is 9.80 Å². The molecule has 0 atom stereocenters. The second-order valence-corrected chi connectivity index (χ2v) is 6.72. The first-order valence-corrected chi connectivity index (χ1v) is 9.71. The van der Waals surface area contributed by atoms with E-state index in [2.05, 4.69) is 0 Å². The normalized spacial score (nSPS) is 14.3. The van der Waals surface area contributed by atoms with Crippen LogP contribution in [0.4, 0.5) is 0 Å². The first kappa shape index (κ1) is 20.5. The summed E-state index contributed by atoms with van der Waals surface area (Å²) in [5.74, 6) is 1.18. The lowest BCUT2D eigenvalue weighted by Crippen LogP contribution is -2.50. The van der Waals surface area contributed by atoms with Crippen molar-refractivity contribution in [3.05, 3.63) is 54.0 Å². The average molecular weight is 398 g/mol. The Morgan fingerprint density at radius 3 is 2.52 bits per heavy atom. The van der Waals surface area contributed by atoms with Gasteiger partial charge in [0.05, 0.1) is 25.5 Å². The molecular formula is C22H26N2O5. The van der Waals surface area contributed by atoms with Gasteiger partial charge >= 0.3 is 0 Å². The van der Waals surface area contributed by atoms with Crippen LogP contribution in [0.1, 0.15) is 29.3 Å². The van der Waals surface area contributed by atoms with E-state index in [9.17, 15) is 9.59 Å². The van der Waals surface area contributed by atoms with Crippen LogP contribution in [0, 0.1) is 0 Å². The maximum atomic E-state index is 12.5. The standard InChI is InChI=1S/C22H26N2O5/c1-3-13-29-19-6-4-17(15-20(19)27-2)5-7-21(25)23-9-11-24(12-10-23)22(26)18-8-14-28-16-18/h4-8,14-16H,3,9-13H2,1-2H3/b7-5+. The summed E-state index contributed by atoms with van der Waals surface area (Å²) in [5, 5.41) is 0. The van der Waals surface area contributed by atoms with Crippen LogP contribution in [-0.2, 0) is 4.79 Å². The lowest BCUT2D eigenvalue weighted by atomic mass is 10.1. The number of hydrogen-bond acceptors (Lipinski definition) is 5. The number of nitrogens with zero attached hydrogens (tertiary/aromatic N) is 2. The Labute approximate surface area is 170 Å². The molecule has 1 aromatic carbocycles. The highest BCUT2D eigenvalue weighted by Crippen LogP contribution is 2.28. The quantitative estimate of drug-likeness (QED) is 0.671. The SMILES string of the molecule is CCCOc1ccc(/C=C/C(=O)N2CCN(C(=O)c3ccoc3)CC2)cc1OC. The summed E-state index contributed by atoms with van der Waals surface area (Å²) in [4.78, 5) is 28.3. The molecule has 2 amide bonds. The van der Waals surface area contributed by atoms with Crippen molar-refractivity contribution in [2.24, 2.45) is 0 Å². The number of rotatable bonds is 7. The number of methoxy groups -OCH3 is 1. The number of benzene rings is 1. The van der Waals surface area contributed by atoms with Gasteiger partial charge in [0.15, 0.2) is 11.5 Å². The van der Waals surface area contributed by atoms with Gasteiger partial charge in [0.25, 0.3) is 5.91 Å². The number of carbonyl (C=O) groups excluding carboxylic acids is 2. The van der Waals surface area contributed by atoms with Crippen molar-refractivity contribution in [3.63, 3.8) is 0 Å². The molecule has 7 nitrogen and oxygen atoms in total. The van der Waals surface area contributed by atoms with Crippen molar-refractivity contribution in [3.8, 4) is 11.5 Å². The zero-order valence-corrected chi connectivity index (χ0v) is 16.8. The molecule has 0 aliphatic carbocycles. The van der Waals surface area contributed by atoms with E-state index in [0.717, 1.165) is 12.0 Å². The van der Waals surface area contributed by atoms with Gasteiger partial charge in [0.2, 0.25) is 5.91 Å². The molecule has 1 aliphatic heterocycles. The third-order valence-corrected chi connectivity index (χ3v) is 4.71. The molecular weight excluding hydrogens is 372 g/mol. The molecule has 0 saturated carbocycles. The lowest BCUT2D eigenvalue weighted by Gasteiger charge is -2.34. The van der Waals surface area contributed by atoms with Gasteiger partial charge in [-0.3, -0.25) is 9.59 Å². The smallest absolute Gasteiger partial charge is 0.257 e. The molecule has 1 saturated heterocycles. The Kier molecular flexibility index (Phi) is 6.94. The number of carbonyl (C=O) groups is 2. The van der Waals surface area contributed by atoms with Crippen LogP contribution in [0.2, 0.25) is 0 Å². The topological polar surface area (TPSA) is 72.2 Å². The summed E-state index contributed by atoms with van der Waals surface area (Å²) in [5.41, 5.74) is 1.39. The summed E-state index contributed by atoms with van der Waals surface area (Å²) >= 11 is 0. The van der Waals surface area contributed by atoms with Gasteiger partial charge in [0, 0.05) is 32.3 Å². The molecule has 3 rings (SSSR count). The fraction of sp³-hybridized carbons (Fsp3) is 0.364. The second-order valence-electron chi connectivity index (χ2n) is 6.72. The fourth-order valence-corrected chi connectivity index (χ4v) is 3.09. The minimum absolute atomic E-state index is 0.0705. The van der Waals surface area contributed by atoms with E-state index in [4.69, 9.17) is 13.9 Å². The summed E-state index contributed by atoms with van der Waals surface area (Å²) in [6, 6.07) is 7.23. The third kappa shape index (κ3) is 5.19. The van der Waals surface area contributed by atoms with Crippen molar-refractivity contribution in [1.29, 1.82) is 0 Å². The van der Waals surface area contributed by atoms with E-state index in [0.29, 0.717) is 49.8 Å². The number of furan rings is 1. The first-order valence-electron chi connectivity index (χ1n) is 9.71. The molecule has 1 fully saturated rings. The Hall–Kier alpha value is -3.22. The van der Waals surface area contributed by atoms with E-state index in [1.165, 1.54) is 12.5 Å². The lowest BCUT2D eigenvalue weighted by molar-refractivity contribution is -0.127. The molecule has 0 bridgehead atoms. The highest BCUT2D eigenvalue weighted by Gasteiger charge is 2.24. The van der Waals surface area contributed by atoms with Gasteiger partial charge < -0.3 is 23.7 Å². The zero-order chi connectivity index (χ0) is 20.6. The number of hydrogen-bond donors (Lipinski definition) is 0. The molecule has 154 valence electrons. The molecule has 0 spiro atoms. The van der Waals surface area contributed by atoms with Gasteiger partial charge in [-0.25, -0.2) is 0 Å². The molecule has 0 unspecified atom stereocenters. The predicted molar refractivity (Wildman–Crippen MR) is 109 cm³/mol. The monoisotopic (exact) mass is 398 g/mol. The predicted octanol–water partition coefficient (Wildman–Crippen LogP) is 3.07. The summed E-state index contributed by atoms with van der Waals surface area (Å²) in [7, 11) is 1.59. The first-order chi connectivity index (χ1) is 14.1. The maximum Gasteiger partial charge on any atom is 0.257 e. The van der Waals surface area contributed by atoms with Crippen LogP contribution >= 0.6 is 0 Å². The fourth-order valence-electron chi connectivity index (χ4n) is 3.09. The van der Waals surface area contributed by atoms with Crippen molar-refractivity contribution in [2.75, 3.05) is 39.9 Å². The van der Waals surface area contributed by atoms with Crippen molar-refractivity contribution < 1.29 is 23.5 Å². The van der Waals surface area contributed by atoms with Gasteiger partial charge in [-0.2, -0.15) is 0 Å². The summed E-state index contributed by atoms with van der Waals surface area (Å²) in [6.45, 7) is 4.67. The Bertz CT molecular complexity index is 852. The molecule has 29 heavy (non-hydrogen) atoms. The number of amides is 2. The van der Waals surface area contributed by atoms with E-state index in [1.807, 2.05) is 25.1 Å². The van der Waals surface area contributed by atoms with Crippen LogP contribution < -0.4 is 9.47 Å². The van der Waals surface area contributed by atoms with E-state index < -0.39 is 0 Å². The molecule has 0 N–H and O–H groups in total. The van der Waals surface area contributed by atoms with Gasteiger partial charge in [0.1, 0.15) is 6.26 Å². The van der Waals surface area contributed by atoms with Crippen LogP contribution in [0.15, 0.2) is 47.3 Å². The maximum absolute atomic E-state index is 12.5. The van der Waals surface area contributed by atoms with Crippen molar-refractivity contribution in [2.45, 2.75) is 13.3 Å². The van der Waals surface area contributed by atoms with Gasteiger partial charge in [-0.1, -0.05) is 13.0 Å². The van der Waals surface area contributed by atoms with E-state index >= 15 is 0 Å². The molecule has 2 aromatic rings. The highest BCUT2D eigenvalue weighted by molar-refractivity contribution is 5.94. The molecule has 7 heteroatoms. The molecule has 1 aromatic heterocycles. The Morgan fingerprint density at radius 1 is 1.10 bits per heavy atom. The van der Waals surface area contributed by atoms with Crippen LogP contribution in [-0.4, -0.2) is 61.5 Å². The van der Waals surface area contributed by atoms with Gasteiger partial charge in [-0.05, 0) is 36.3 Å². The molecule has 2 heterocycles. The third-order valence-electron chi connectivity index (χ3n) is 4.71. The second kappa shape index (κ2) is 9.82. The Balaban J connectivity index is 1.55. The van der Waals surface area contributed by atoms with Crippen LogP contribution in [0.25, 0.3) is 6.08 Å². The van der Waals surface area contributed by atoms with Crippen LogP contribution in [0.5, 0.6) is 11.5 Å². The average Bonchev–Trinajstić information content (AvgIpc) is 3.30. The van der Waals surface area contributed by atoms with Gasteiger partial charge in [-0.15, -0.1) is 0 Å². The van der Waals surface area contributed by atoms with Crippen molar-refractivity contribution >= 4 is 17.9 Å². The molecule has 1 aliphatic rings. The van der Waals surface area contributed by atoms with Crippen LogP contribution in [0.3, 0.4) is 0 Å². The summed E-state index contributed by atoms with van der Waals surface area (Å²) in [6.07, 6.45) is 7.15. The minimum atomic E-state index is -0.0781. The minimum Gasteiger partial charge on any atom is -0.493 e. The van der Waals surface area contributed by atoms with E-state index in [1.54, 1.807) is 35.1 Å². The van der Waals surface area contributed by atoms with E-state index in [-0.39, 0.29) is 11.8 Å². The highest BCUT2D eigenvalue weighted by atomic mass is 16.5. The largest absolute Gasteiger partial charge is 0.493 e. The number of piperazine rings is 1.